The third-order valence-corrected chi connectivity index (χ3v) is 14.3. The normalized spacial score (nSPS) is 21.6. The van der Waals surface area contributed by atoms with E-state index in [1.165, 1.54) is 24.3 Å². The van der Waals surface area contributed by atoms with E-state index in [-0.39, 0.29) is 16.6 Å². The highest BCUT2D eigenvalue weighted by atomic mass is 32.2. The summed E-state index contributed by atoms with van der Waals surface area (Å²) in [5.41, 5.74) is 4.55. The van der Waals surface area contributed by atoms with Gasteiger partial charge in [0.2, 0.25) is 0 Å². The first kappa shape index (κ1) is 38.6. The van der Waals surface area contributed by atoms with Crippen LogP contribution in [0.4, 0.5) is 23.2 Å². The van der Waals surface area contributed by atoms with E-state index in [1.807, 2.05) is 0 Å². The van der Waals surface area contributed by atoms with Gasteiger partial charge in [0.25, 0.3) is 0 Å². The molecule has 1 atom stereocenters. The van der Waals surface area contributed by atoms with E-state index in [1.54, 1.807) is 41.7 Å². The Labute approximate surface area is 341 Å². The molecule has 0 aromatic heterocycles. The minimum Gasteiger partial charge on any atom is -0.472 e. The van der Waals surface area contributed by atoms with Gasteiger partial charge in [0, 0.05) is 56.1 Å². The third-order valence-electron chi connectivity index (χ3n) is 12.6. The fraction of sp³-hybridized carbons (Fsp3) is 0.375. The quantitative estimate of drug-likeness (QED) is 0.130. The molecule has 4 aliphatic rings. The molecule has 2 aliphatic heterocycles. The summed E-state index contributed by atoms with van der Waals surface area (Å²) < 4.78 is 71.8. The van der Waals surface area contributed by atoms with Gasteiger partial charge in [-0.2, -0.15) is 13.2 Å². The monoisotopic (exact) mass is 809 g/mol. The molecule has 0 radical (unpaired) electrons. The van der Waals surface area contributed by atoms with Crippen molar-refractivity contribution in [3.8, 4) is 16.9 Å². The summed E-state index contributed by atoms with van der Waals surface area (Å²) >= 11 is 3.33. The Balaban J connectivity index is 1.36. The Morgan fingerprint density at radius 3 is 1.91 bits per heavy atom. The largest absolute Gasteiger partial charge is 0.472 e. The number of rotatable bonds is 5. The molecule has 9 heteroatoms. The van der Waals surface area contributed by atoms with Crippen LogP contribution in [0.1, 0.15) is 80.3 Å². The van der Waals surface area contributed by atoms with Crippen LogP contribution in [0.3, 0.4) is 0 Å². The van der Waals surface area contributed by atoms with Gasteiger partial charge in [0.05, 0.1) is 18.8 Å². The molecule has 1 saturated carbocycles. The molecule has 2 aliphatic carbocycles. The van der Waals surface area contributed by atoms with Gasteiger partial charge in [-0.3, -0.25) is 0 Å². The molecule has 1 unspecified atom stereocenters. The van der Waals surface area contributed by atoms with Crippen molar-refractivity contribution in [2.75, 3.05) is 43.7 Å². The van der Waals surface area contributed by atoms with E-state index in [0.717, 1.165) is 84.7 Å². The number of ether oxygens (including phenoxy) is 2. The minimum atomic E-state index is -4.49. The number of benzene rings is 5. The summed E-state index contributed by atoms with van der Waals surface area (Å²) in [5.74, 6) is 0.356. The SMILES string of the molecule is CSc1cc2c3c(c4c(c2cc1SC)-c1ccc(C(F)(F)F)cc1C41CC(C)(C)CC(C)(C)C1)C=CC(c1ccc(F)cc1)(c1ccc(N2CCOCC2)cc1)O3. The summed E-state index contributed by atoms with van der Waals surface area (Å²) in [6.45, 7) is 12.0. The van der Waals surface area contributed by atoms with Gasteiger partial charge in [-0.25, -0.2) is 4.39 Å². The zero-order valence-corrected chi connectivity index (χ0v) is 34.8. The van der Waals surface area contributed by atoms with Gasteiger partial charge >= 0.3 is 6.18 Å². The Morgan fingerprint density at radius 2 is 1.32 bits per heavy atom. The Morgan fingerprint density at radius 1 is 0.719 bits per heavy atom. The van der Waals surface area contributed by atoms with Crippen LogP contribution in [-0.2, 0) is 21.9 Å². The number of anilines is 1. The van der Waals surface area contributed by atoms with Crippen LogP contribution < -0.4 is 9.64 Å². The van der Waals surface area contributed by atoms with Crippen molar-refractivity contribution in [3.05, 3.63) is 124 Å². The van der Waals surface area contributed by atoms with Crippen molar-refractivity contribution in [2.24, 2.45) is 10.8 Å². The Bertz CT molecular complexity index is 2420. The molecule has 1 saturated heterocycles. The van der Waals surface area contributed by atoms with Gasteiger partial charge in [-0.1, -0.05) is 64.1 Å². The Hall–Kier alpha value is -3.92. The molecule has 5 aromatic carbocycles. The van der Waals surface area contributed by atoms with Gasteiger partial charge in [0.15, 0.2) is 5.60 Å². The predicted octanol–water partition coefficient (Wildman–Crippen LogP) is 13.1. The highest BCUT2D eigenvalue weighted by Crippen LogP contribution is 2.67. The lowest BCUT2D eigenvalue weighted by Gasteiger charge is -2.52. The summed E-state index contributed by atoms with van der Waals surface area (Å²) in [4.78, 5) is 4.51. The maximum atomic E-state index is 14.6. The molecule has 2 fully saturated rings. The number of morpholine rings is 1. The maximum absolute atomic E-state index is 14.6. The summed E-state index contributed by atoms with van der Waals surface area (Å²) in [6.07, 6.45) is 6.23. The second kappa shape index (κ2) is 13.6. The van der Waals surface area contributed by atoms with E-state index in [9.17, 15) is 17.6 Å². The highest BCUT2D eigenvalue weighted by molar-refractivity contribution is 8.01. The van der Waals surface area contributed by atoms with Gasteiger partial charge in [0.1, 0.15) is 11.6 Å². The lowest BCUT2D eigenvalue weighted by Crippen LogP contribution is -2.44. The molecule has 0 amide bonds. The number of nitrogens with zero attached hydrogens (tertiary/aromatic N) is 1. The van der Waals surface area contributed by atoms with Gasteiger partial charge < -0.3 is 14.4 Å². The van der Waals surface area contributed by atoms with Crippen LogP contribution in [0.15, 0.2) is 94.7 Å². The lowest BCUT2D eigenvalue weighted by molar-refractivity contribution is -0.137. The first-order valence-corrected chi connectivity index (χ1v) is 22.1. The molecule has 3 nitrogen and oxygen atoms in total. The average molecular weight is 810 g/mol. The molecule has 0 bridgehead atoms. The molecule has 2 heterocycles. The Kier molecular flexibility index (Phi) is 9.18. The number of fused-ring (bicyclic) bond motifs is 10. The van der Waals surface area contributed by atoms with E-state index < -0.39 is 22.8 Å². The number of alkyl halides is 3. The molecule has 9 rings (SSSR count). The first-order chi connectivity index (χ1) is 27.1. The second-order valence-corrected chi connectivity index (χ2v) is 19.5. The van der Waals surface area contributed by atoms with E-state index >= 15 is 0 Å². The van der Waals surface area contributed by atoms with Crippen LogP contribution >= 0.6 is 23.5 Å². The lowest BCUT2D eigenvalue weighted by atomic mass is 9.52. The van der Waals surface area contributed by atoms with Crippen LogP contribution in [0.25, 0.3) is 28.0 Å². The van der Waals surface area contributed by atoms with E-state index in [4.69, 9.17) is 9.47 Å². The van der Waals surface area contributed by atoms with Crippen molar-refractivity contribution in [1.82, 2.24) is 0 Å². The molecule has 1 spiro atoms. The van der Waals surface area contributed by atoms with Crippen molar-refractivity contribution >= 4 is 46.1 Å². The topological polar surface area (TPSA) is 21.7 Å². The second-order valence-electron chi connectivity index (χ2n) is 17.8. The summed E-state index contributed by atoms with van der Waals surface area (Å²) in [5, 5.41) is 1.87. The van der Waals surface area contributed by atoms with Crippen molar-refractivity contribution in [1.29, 1.82) is 0 Å². The van der Waals surface area contributed by atoms with Crippen LogP contribution in [0, 0.1) is 16.6 Å². The smallest absolute Gasteiger partial charge is 0.416 e. The summed E-state index contributed by atoms with van der Waals surface area (Å²) in [6, 6.07) is 23.8. The standard InChI is InChI=1S/C48H47F4NO2S2/c1-44(2)26-45(3,4)28-46(27-44)38-23-31(48(50,51)52)11-16-34(38)41-36-24-39(56-5)40(57-6)25-37(36)43-35(42(41)46)17-18-47(55-43,29-7-12-32(49)13-8-29)30-9-14-33(15-10-30)53-19-21-54-22-20-53/h7-18,23-25H,19-22,26-28H2,1-6H3. The number of halogens is 4. The number of hydrogen-bond donors (Lipinski definition) is 0. The molecule has 296 valence electrons. The molecule has 0 N–H and O–H groups in total. The zero-order valence-electron chi connectivity index (χ0n) is 33.2. The van der Waals surface area contributed by atoms with Crippen molar-refractivity contribution in [2.45, 2.75) is 73.9 Å². The maximum Gasteiger partial charge on any atom is 0.416 e. The predicted molar refractivity (Wildman–Crippen MR) is 226 cm³/mol. The highest BCUT2D eigenvalue weighted by Gasteiger charge is 2.56. The fourth-order valence-electron chi connectivity index (χ4n) is 11.1. The zero-order chi connectivity index (χ0) is 40.1. The molecule has 57 heavy (non-hydrogen) atoms. The number of thioether (sulfide) groups is 2. The summed E-state index contributed by atoms with van der Waals surface area (Å²) in [7, 11) is 0. The van der Waals surface area contributed by atoms with E-state index in [0.29, 0.717) is 31.8 Å². The third kappa shape index (κ3) is 6.29. The van der Waals surface area contributed by atoms with Crippen LogP contribution in [0.2, 0.25) is 0 Å². The van der Waals surface area contributed by atoms with E-state index in [2.05, 4.69) is 93.7 Å². The van der Waals surface area contributed by atoms with Crippen molar-refractivity contribution < 1.29 is 27.0 Å². The molecular weight excluding hydrogens is 763 g/mol. The van der Waals surface area contributed by atoms with Gasteiger partial charge in [-0.15, -0.1) is 23.5 Å². The minimum absolute atomic E-state index is 0.164. The molecule has 5 aromatic rings. The average Bonchev–Trinajstić information content (AvgIpc) is 3.44. The fourth-order valence-corrected chi connectivity index (χ4v) is 12.6. The number of hydrogen-bond acceptors (Lipinski definition) is 5. The van der Waals surface area contributed by atoms with Crippen LogP contribution in [0.5, 0.6) is 5.75 Å². The van der Waals surface area contributed by atoms with Crippen molar-refractivity contribution in [3.63, 3.8) is 0 Å². The van der Waals surface area contributed by atoms with Gasteiger partial charge in [-0.05, 0) is 125 Å². The van der Waals surface area contributed by atoms with Crippen LogP contribution in [-0.4, -0.2) is 38.8 Å². The first-order valence-electron chi connectivity index (χ1n) is 19.6. The molecular formula is C48H47F4NO2S2.